The molecule has 1 heterocycles. The molecule has 0 aliphatic rings. The van der Waals surface area contributed by atoms with Gasteiger partial charge in [0.1, 0.15) is 0 Å². The van der Waals surface area contributed by atoms with Crippen LogP contribution in [-0.4, -0.2) is 4.98 Å². The Labute approximate surface area is 86.5 Å². The summed E-state index contributed by atoms with van der Waals surface area (Å²) in [5, 5.41) is 0. The highest BCUT2D eigenvalue weighted by atomic mass is 14.7. The van der Waals surface area contributed by atoms with E-state index in [0.717, 1.165) is 12.8 Å². The van der Waals surface area contributed by atoms with E-state index in [1.807, 2.05) is 13.0 Å². The molecule has 1 aromatic rings. The molecule has 0 saturated heterocycles. The molecule has 0 aromatic carbocycles. The zero-order valence-electron chi connectivity index (χ0n) is 9.30. The van der Waals surface area contributed by atoms with Gasteiger partial charge < -0.3 is 4.98 Å². The van der Waals surface area contributed by atoms with E-state index in [1.54, 1.807) is 0 Å². The van der Waals surface area contributed by atoms with Crippen LogP contribution in [-0.2, 0) is 12.8 Å². The number of aryl methyl sites for hydroxylation is 1. The predicted octanol–water partition coefficient (Wildman–Crippen LogP) is 3.73. The summed E-state index contributed by atoms with van der Waals surface area (Å²) in [5.74, 6) is 0. The van der Waals surface area contributed by atoms with Crippen molar-refractivity contribution in [2.24, 2.45) is 0 Å². The summed E-state index contributed by atoms with van der Waals surface area (Å²) in [4.78, 5) is 3.33. The standard InChI is InChI=1S/C13H19N/c1-4-7-8-9-11-10-14-13(6-3)12(11)5-2/h4,7-10,14H,5-6H2,1-3H3. The number of hydrogen-bond donors (Lipinski definition) is 1. The number of nitrogens with one attached hydrogen (secondary N) is 1. The van der Waals surface area contributed by atoms with Crippen molar-refractivity contribution in [2.75, 3.05) is 0 Å². The Balaban J connectivity index is 2.91. The third kappa shape index (κ3) is 2.38. The average molecular weight is 189 g/mol. The number of rotatable bonds is 4. The van der Waals surface area contributed by atoms with E-state index in [2.05, 4.69) is 43.3 Å². The van der Waals surface area contributed by atoms with Gasteiger partial charge in [-0.15, -0.1) is 0 Å². The van der Waals surface area contributed by atoms with Gasteiger partial charge in [0, 0.05) is 11.9 Å². The summed E-state index contributed by atoms with van der Waals surface area (Å²) < 4.78 is 0. The minimum atomic E-state index is 1.08. The molecule has 1 heteroatoms. The van der Waals surface area contributed by atoms with Crippen LogP contribution < -0.4 is 0 Å². The van der Waals surface area contributed by atoms with E-state index in [9.17, 15) is 0 Å². The van der Waals surface area contributed by atoms with Crippen molar-refractivity contribution in [3.63, 3.8) is 0 Å². The van der Waals surface area contributed by atoms with Gasteiger partial charge in [-0.05, 0) is 30.9 Å². The Morgan fingerprint density at radius 1 is 1.21 bits per heavy atom. The first-order valence-electron chi connectivity index (χ1n) is 5.31. The number of aromatic amines is 1. The van der Waals surface area contributed by atoms with Gasteiger partial charge in [0.2, 0.25) is 0 Å². The second-order valence-electron chi connectivity index (χ2n) is 3.29. The Morgan fingerprint density at radius 3 is 2.57 bits per heavy atom. The molecule has 76 valence electrons. The van der Waals surface area contributed by atoms with Crippen molar-refractivity contribution in [3.05, 3.63) is 41.2 Å². The molecule has 14 heavy (non-hydrogen) atoms. The zero-order chi connectivity index (χ0) is 10.4. The largest absolute Gasteiger partial charge is 0.364 e. The second kappa shape index (κ2) is 5.48. The van der Waals surface area contributed by atoms with E-state index in [-0.39, 0.29) is 0 Å². The number of H-pyrrole nitrogens is 1. The molecule has 1 aromatic heterocycles. The van der Waals surface area contributed by atoms with Gasteiger partial charge in [0.05, 0.1) is 0 Å². The van der Waals surface area contributed by atoms with E-state index >= 15 is 0 Å². The van der Waals surface area contributed by atoms with Crippen LogP contribution in [0.25, 0.3) is 6.08 Å². The van der Waals surface area contributed by atoms with Gasteiger partial charge in [-0.2, -0.15) is 0 Å². The monoisotopic (exact) mass is 189 g/mol. The lowest BCUT2D eigenvalue weighted by Crippen LogP contribution is -1.88. The van der Waals surface area contributed by atoms with E-state index < -0.39 is 0 Å². The Bertz CT molecular complexity index is 329. The third-order valence-electron chi connectivity index (χ3n) is 2.40. The van der Waals surface area contributed by atoms with Gasteiger partial charge in [-0.25, -0.2) is 0 Å². The average Bonchev–Trinajstić information content (AvgIpc) is 2.60. The first kappa shape index (κ1) is 10.8. The van der Waals surface area contributed by atoms with Crippen LogP contribution in [0, 0.1) is 0 Å². The fraction of sp³-hybridized carbons (Fsp3) is 0.385. The van der Waals surface area contributed by atoms with Crippen molar-refractivity contribution >= 4 is 6.08 Å². The predicted molar refractivity (Wildman–Crippen MR) is 63.4 cm³/mol. The molecule has 1 nitrogen and oxygen atoms in total. The van der Waals surface area contributed by atoms with Crippen molar-refractivity contribution in [2.45, 2.75) is 33.6 Å². The normalized spacial score (nSPS) is 11.9. The lowest BCUT2D eigenvalue weighted by molar-refractivity contribution is 1.00. The molecule has 0 spiro atoms. The summed E-state index contributed by atoms with van der Waals surface area (Å²) in [7, 11) is 0. The molecule has 0 aliphatic carbocycles. The SMILES string of the molecule is CC=CC=Cc1c[nH]c(CC)c1CC. The maximum atomic E-state index is 3.33. The Morgan fingerprint density at radius 2 is 2.00 bits per heavy atom. The zero-order valence-corrected chi connectivity index (χ0v) is 9.30. The molecule has 1 rings (SSSR count). The molecule has 0 saturated carbocycles. The summed E-state index contributed by atoms with van der Waals surface area (Å²) in [5.41, 5.74) is 4.14. The lowest BCUT2D eigenvalue weighted by atomic mass is 10.1. The van der Waals surface area contributed by atoms with Gasteiger partial charge in [-0.3, -0.25) is 0 Å². The van der Waals surface area contributed by atoms with Crippen molar-refractivity contribution in [1.82, 2.24) is 4.98 Å². The number of hydrogen-bond acceptors (Lipinski definition) is 0. The maximum Gasteiger partial charge on any atom is 0.0182 e. The van der Waals surface area contributed by atoms with Crippen molar-refractivity contribution < 1.29 is 0 Å². The molecule has 0 amide bonds. The van der Waals surface area contributed by atoms with Gasteiger partial charge in [0.15, 0.2) is 0 Å². The van der Waals surface area contributed by atoms with Crippen LogP contribution in [0.4, 0.5) is 0 Å². The maximum absolute atomic E-state index is 3.33. The van der Waals surface area contributed by atoms with Crippen molar-refractivity contribution in [1.29, 1.82) is 0 Å². The van der Waals surface area contributed by atoms with E-state index in [0.29, 0.717) is 0 Å². The second-order valence-corrected chi connectivity index (χ2v) is 3.29. The molecule has 0 aliphatic heterocycles. The Kier molecular flexibility index (Phi) is 4.24. The highest BCUT2D eigenvalue weighted by Gasteiger charge is 2.04. The molecular weight excluding hydrogens is 170 g/mol. The molecular formula is C13H19N. The van der Waals surface area contributed by atoms with Crippen LogP contribution in [0.15, 0.2) is 24.4 Å². The third-order valence-corrected chi connectivity index (χ3v) is 2.40. The molecule has 0 radical (unpaired) electrons. The van der Waals surface area contributed by atoms with Crippen LogP contribution >= 0.6 is 0 Å². The minimum absolute atomic E-state index is 1.08. The van der Waals surface area contributed by atoms with Gasteiger partial charge in [0.25, 0.3) is 0 Å². The van der Waals surface area contributed by atoms with Crippen LogP contribution in [0.3, 0.4) is 0 Å². The smallest absolute Gasteiger partial charge is 0.0182 e. The number of allylic oxidation sites excluding steroid dienone is 3. The number of aromatic nitrogens is 1. The van der Waals surface area contributed by atoms with Gasteiger partial charge in [-0.1, -0.05) is 38.2 Å². The Hall–Kier alpha value is -1.24. The quantitative estimate of drug-likeness (QED) is 0.695. The van der Waals surface area contributed by atoms with Crippen LogP contribution in [0.2, 0.25) is 0 Å². The summed E-state index contributed by atoms with van der Waals surface area (Å²) in [6, 6.07) is 0. The summed E-state index contributed by atoms with van der Waals surface area (Å²) in [6.07, 6.45) is 12.6. The molecule has 0 atom stereocenters. The molecule has 0 fully saturated rings. The topological polar surface area (TPSA) is 15.8 Å². The first-order valence-corrected chi connectivity index (χ1v) is 5.31. The van der Waals surface area contributed by atoms with Crippen LogP contribution in [0.1, 0.15) is 37.6 Å². The van der Waals surface area contributed by atoms with Crippen LogP contribution in [0.5, 0.6) is 0 Å². The molecule has 1 N–H and O–H groups in total. The lowest BCUT2D eigenvalue weighted by Gasteiger charge is -1.98. The van der Waals surface area contributed by atoms with E-state index in [1.165, 1.54) is 16.8 Å². The highest BCUT2D eigenvalue weighted by molar-refractivity contribution is 5.56. The highest BCUT2D eigenvalue weighted by Crippen LogP contribution is 2.17. The first-order chi connectivity index (χ1) is 6.83. The summed E-state index contributed by atoms with van der Waals surface area (Å²) in [6.45, 7) is 6.42. The summed E-state index contributed by atoms with van der Waals surface area (Å²) >= 11 is 0. The minimum Gasteiger partial charge on any atom is -0.364 e. The molecule has 0 bridgehead atoms. The van der Waals surface area contributed by atoms with Gasteiger partial charge >= 0.3 is 0 Å². The van der Waals surface area contributed by atoms with E-state index in [4.69, 9.17) is 0 Å². The molecule has 0 unspecified atom stereocenters. The fourth-order valence-electron chi connectivity index (χ4n) is 1.67. The van der Waals surface area contributed by atoms with Crippen molar-refractivity contribution in [3.8, 4) is 0 Å². The fourth-order valence-corrected chi connectivity index (χ4v) is 1.67.